The van der Waals surface area contributed by atoms with Crippen LogP contribution in [0.2, 0.25) is 0 Å². The number of fused-ring (bicyclic) bond motifs is 3. The van der Waals surface area contributed by atoms with Gasteiger partial charge in [0.15, 0.2) is 0 Å². The first kappa shape index (κ1) is 12.0. The first-order valence-corrected chi connectivity index (χ1v) is 6.29. The van der Waals surface area contributed by atoms with Crippen molar-refractivity contribution in [2.45, 2.75) is 25.6 Å². The maximum Gasteiger partial charge on any atom is 0.329 e. The Morgan fingerprint density at radius 2 is 2.37 bits per heavy atom. The highest BCUT2D eigenvalue weighted by Gasteiger charge is 2.33. The fraction of sp³-hybridized carbons (Fsp3) is 0.385. The van der Waals surface area contributed by atoms with E-state index in [0.717, 1.165) is 11.0 Å². The summed E-state index contributed by atoms with van der Waals surface area (Å²) in [6.45, 7) is 2.09. The van der Waals surface area contributed by atoms with Crippen molar-refractivity contribution in [3.05, 3.63) is 24.3 Å². The molecule has 0 amide bonds. The van der Waals surface area contributed by atoms with Crippen molar-refractivity contribution in [3.8, 4) is 0 Å². The third-order valence-corrected chi connectivity index (χ3v) is 3.21. The van der Waals surface area contributed by atoms with Gasteiger partial charge >= 0.3 is 5.97 Å². The molecule has 3 rings (SSSR count). The number of esters is 1. The second-order valence-corrected chi connectivity index (χ2v) is 4.46. The normalized spacial score (nSPS) is 21.8. The first-order chi connectivity index (χ1) is 9.20. The number of aliphatic hydroxyl groups excluding tert-OH is 1. The minimum Gasteiger partial charge on any atom is -0.464 e. The summed E-state index contributed by atoms with van der Waals surface area (Å²) in [4.78, 5) is 16.4. The number of hydrogen-bond donors (Lipinski definition) is 2. The predicted octanol–water partition coefficient (Wildman–Crippen LogP) is 1.27. The van der Waals surface area contributed by atoms with Crippen molar-refractivity contribution in [1.29, 1.82) is 0 Å². The molecule has 2 N–H and O–H groups in total. The summed E-state index contributed by atoms with van der Waals surface area (Å²) in [6, 6.07) is 7.01. The highest BCUT2D eigenvalue weighted by molar-refractivity contribution is 5.84. The van der Waals surface area contributed by atoms with Gasteiger partial charge in [0.2, 0.25) is 5.95 Å². The van der Waals surface area contributed by atoms with Crippen LogP contribution in [0.4, 0.5) is 5.95 Å². The molecular weight excluding hydrogens is 246 g/mol. The number of ether oxygens (including phenoxy) is 1. The fourth-order valence-corrected chi connectivity index (χ4v) is 2.43. The summed E-state index contributed by atoms with van der Waals surface area (Å²) in [6.07, 6.45) is -0.523. The van der Waals surface area contributed by atoms with Crippen molar-refractivity contribution >= 4 is 23.0 Å². The Kier molecular flexibility index (Phi) is 2.87. The van der Waals surface area contributed by atoms with Gasteiger partial charge in [0.05, 0.1) is 17.6 Å². The highest BCUT2D eigenvalue weighted by atomic mass is 16.5. The number of carbonyl (C=O) groups is 1. The van der Waals surface area contributed by atoms with E-state index in [1.807, 2.05) is 24.3 Å². The monoisotopic (exact) mass is 261 g/mol. The molecule has 0 bridgehead atoms. The van der Waals surface area contributed by atoms with E-state index in [0.29, 0.717) is 12.6 Å². The second-order valence-electron chi connectivity index (χ2n) is 4.46. The number of imidazole rings is 1. The van der Waals surface area contributed by atoms with Crippen LogP contribution < -0.4 is 5.32 Å². The summed E-state index contributed by atoms with van der Waals surface area (Å²) >= 11 is 0. The molecular formula is C13H15N3O3. The summed E-state index contributed by atoms with van der Waals surface area (Å²) in [7, 11) is 0. The highest BCUT2D eigenvalue weighted by Crippen LogP contribution is 2.32. The second kappa shape index (κ2) is 4.55. The molecule has 0 spiro atoms. The van der Waals surface area contributed by atoms with Gasteiger partial charge in [0.1, 0.15) is 12.3 Å². The van der Waals surface area contributed by atoms with Crippen LogP contribution >= 0.6 is 0 Å². The Balaban J connectivity index is 2.12. The summed E-state index contributed by atoms with van der Waals surface area (Å²) in [5.74, 6) is 0.158. The van der Waals surface area contributed by atoms with Gasteiger partial charge in [-0.2, -0.15) is 0 Å². The van der Waals surface area contributed by atoms with Crippen LogP contribution in [0.25, 0.3) is 11.0 Å². The topological polar surface area (TPSA) is 76.4 Å². The minimum atomic E-state index is -0.793. The molecule has 0 radical (unpaired) electrons. The number of para-hydroxylation sites is 2. The fourth-order valence-electron chi connectivity index (χ4n) is 2.43. The molecule has 0 saturated carbocycles. The van der Waals surface area contributed by atoms with E-state index in [-0.39, 0.29) is 12.4 Å². The van der Waals surface area contributed by atoms with Crippen molar-refractivity contribution in [2.24, 2.45) is 0 Å². The van der Waals surface area contributed by atoms with Crippen molar-refractivity contribution in [2.75, 3.05) is 11.9 Å². The number of rotatable bonds is 2. The maximum absolute atomic E-state index is 12.0. The molecule has 100 valence electrons. The van der Waals surface area contributed by atoms with Crippen LogP contribution in [0.15, 0.2) is 24.3 Å². The van der Waals surface area contributed by atoms with E-state index in [1.165, 1.54) is 0 Å². The van der Waals surface area contributed by atoms with Gasteiger partial charge in [0.25, 0.3) is 0 Å². The van der Waals surface area contributed by atoms with Gasteiger partial charge < -0.3 is 15.2 Å². The van der Waals surface area contributed by atoms with Crippen molar-refractivity contribution in [1.82, 2.24) is 9.55 Å². The number of carbonyl (C=O) groups excluding carboxylic acids is 1. The lowest BCUT2D eigenvalue weighted by Crippen LogP contribution is -2.36. The summed E-state index contributed by atoms with van der Waals surface area (Å²) < 4.78 is 6.87. The Morgan fingerprint density at radius 3 is 3.16 bits per heavy atom. The number of aromatic nitrogens is 2. The lowest BCUT2D eigenvalue weighted by Gasteiger charge is -2.28. The molecule has 6 heteroatoms. The number of nitrogens with one attached hydrogen (secondary N) is 1. The number of aliphatic hydroxyl groups is 1. The van der Waals surface area contributed by atoms with E-state index in [9.17, 15) is 9.90 Å². The summed E-state index contributed by atoms with van der Waals surface area (Å²) in [5, 5.41) is 12.7. The van der Waals surface area contributed by atoms with Crippen LogP contribution in [0.5, 0.6) is 0 Å². The number of hydrogen-bond acceptors (Lipinski definition) is 5. The van der Waals surface area contributed by atoms with Crippen LogP contribution in [-0.4, -0.2) is 33.5 Å². The molecule has 0 saturated heterocycles. The Hall–Kier alpha value is -2.08. The Labute approximate surface area is 110 Å². The lowest BCUT2D eigenvalue weighted by molar-refractivity contribution is -0.148. The standard InChI is InChI=1S/C13H15N3O3/c1-2-19-12(18)10-7-11(17)15-13-14-8-5-3-4-6-9(8)16(10)13/h3-6,10-11,17H,2,7H2,1H3,(H,14,15)/t10-,11-/m0/s1. The smallest absolute Gasteiger partial charge is 0.329 e. The molecule has 1 aromatic heterocycles. The number of anilines is 1. The van der Waals surface area contributed by atoms with Gasteiger partial charge in [-0.15, -0.1) is 0 Å². The zero-order valence-electron chi connectivity index (χ0n) is 10.5. The Bertz CT molecular complexity index is 623. The Morgan fingerprint density at radius 1 is 1.58 bits per heavy atom. The molecule has 19 heavy (non-hydrogen) atoms. The molecule has 0 unspecified atom stereocenters. The summed E-state index contributed by atoms with van der Waals surface area (Å²) in [5.41, 5.74) is 1.64. The molecule has 2 heterocycles. The van der Waals surface area contributed by atoms with E-state index >= 15 is 0 Å². The van der Waals surface area contributed by atoms with Crippen LogP contribution in [0.3, 0.4) is 0 Å². The zero-order valence-corrected chi connectivity index (χ0v) is 10.5. The third kappa shape index (κ3) is 1.94. The zero-order chi connectivity index (χ0) is 13.4. The van der Waals surface area contributed by atoms with Crippen LogP contribution in [0, 0.1) is 0 Å². The molecule has 0 fully saturated rings. The largest absolute Gasteiger partial charge is 0.464 e. The van der Waals surface area contributed by atoms with Crippen LogP contribution in [0.1, 0.15) is 19.4 Å². The number of nitrogens with zero attached hydrogens (tertiary/aromatic N) is 2. The van der Waals surface area contributed by atoms with Crippen molar-refractivity contribution < 1.29 is 14.6 Å². The average molecular weight is 261 g/mol. The molecule has 2 aromatic rings. The molecule has 1 aliphatic heterocycles. The minimum absolute atomic E-state index is 0.270. The molecule has 6 nitrogen and oxygen atoms in total. The van der Waals surface area contributed by atoms with E-state index in [2.05, 4.69) is 10.3 Å². The van der Waals surface area contributed by atoms with Crippen molar-refractivity contribution in [3.63, 3.8) is 0 Å². The van der Waals surface area contributed by atoms with Gasteiger partial charge in [0, 0.05) is 6.42 Å². The average Bonchev–Trinajstić information content (AvgIpc) is 2.75. The SMILES string of the molecule is CCOC(=O)[C@@H]1C[C@H](O)Nc2nc3ccccc3n21. The van der Waals surface area contributed by atoms with Gasteiger partial charge in [-0.25, -0.2) is 9.78 Å². The molecule has 1 aromatic carbocycles. The quantitative estimate of drug-likeness (QED) is 0.796. The van der Waals surface area contributed by atoms with Gasteiger partial charge in [-0.1, -0.05) is 12.1 Å². The molecule has 0 aliphatic carbocycles. The lowest BCUT2D eigenvalue weighted by atomic mass is 10.1. The first-order valence-electron chi connectivity index (χ1n) is 6.29. The number of benzene rings is 1. The molecule has 1 aliphatic rings. The maximum atomic E-state index is 12.0. The van der Waals surface area contributed by atoms with Crippen LogP contribution in [-0.2, 0) is 9.53 Å². The molecule has 2 atom stereocenters. The van der Waals surface area contributed by atoms with E-state index in [1.54, 1.807) is 11.5 Å². The van der Waals surface area contributed by atoms with Gasteiger partial charge in [-0.3, -0.25) is 4.57 Å². The predicted molar refractivity (Wildman–Crippen MR) is 69.6 cm³/mol. The van der Waals surface area contributed by atoms with E-state index < -0.39 is 12.3 Å². The van der Waals surface area contributed by atoms with Gasteiger partial charge in [-0.05, 0) is 19.1 Å². The van der Waals surface area contributed by atoms with E-state index in [4.69, 9.17) is 4.74 Å². The third-order valence-electron chi connectivity index (χ3n) is 3.21.